The standard InChI is InChI=1S/C13H18ClNO.ClH/c14-11-8-4-7-10(13(11)16)12(15)9-5-2-1-3-6-9;/h4,7-9,12,16H,1-3,5-6,15H2;1H/t12-;/m1./s1. The molecule has 1 aromatic rings. The Kier molecular flexibility index (Phi) is 5.57. The summed E-state index contributed by atoms with van der Waals surface area (Å²) in [6.07, 6.45) is 6.13. The summed E-state index contributed by atoms with van der Waals surface area (Å²) >= 11 is 5.89. The van der Waals surface area contributed by atoms with Gasteiger partial charge in [0.15, 0.2) is 0 Å². The zero-order valence-electron chi connectivity index (χ0n) is 9.73. The van der Waals surface area contributed by atoms with Crippen molar-refractivity contribution in [2.45, 2.75) is 38.1 Å². The second kappa shape index (κ2) is 6.48. The van der Waals surface area contributed by atoms with Gasteiger partial charge in [0.2, 0.25) is 0 Å². The summed E-state index contributed by atoms with van der Waals surface area (Å²) in [4.78, 5) is 0. The first-order chi connectivity index (χ1) is 7.70. The quantitative estimate of drug-likeness (QED) is 0.856. The topological polar surface area (TPSA) is 46.2 Å². The molecule has 0 bridgehead atoms. The van der Waals surface area contributed by atoms with Crippen molar-refractivity contribution in [3.05, 3.63) is 28.8 Å². The number of benzene rings is 1. The zero-order chi connectivity index (χ0) is 11.5. The number of rotatable bonds is 2. The van der Waals surface area contributed by atoms with Crippen LogP contribution in [0.3, 0.4) is 0 Å². The van der Waals surface area contributed by atoms with Crippen molar-refractivity contribution in [2.75, 3.05) is 0 Å². The lowest BCUT2D eigenvalue weighted by Gasteiger charge is -2.28. The van der Waals surface area contributed by atoms with Crippen molar-refractivity contribution in [3.63, 3.8) is 0 Å². The van der Waals surface area contributed by atoms with Crippen LogP contribution in [0, 0.1) is 5.92 Å². The second-order valence-corrected chi connectivity index (χ2v) is 5.01. The van der Waals surface area contributed by atoms with Crippen LogP contribution < -0.4 is 5.73 Å². The van der Waals surface area contributed by atoms with Gasteiger partial charge in [-0.05, 0) is 24.8 Å². The Morgan fingerprint density at radius 1 is 1.24 bits per heavy atom. The van der Waals surface area contributed by atoms with E-state index in [1.54, 1.807) is 6.07 Å². The number of phenolic OH excluding ortho intramolecular Hbond substituents is 1. The van der Waals surface area contributed by atoms with E-state index < -0.39 is 0 Å². The van der Waals surface area contributed by atoms with E-state index in [2.05, 4.69) is 0 Å². The van der Waals surface area contributed by atoms with Gasteiger partial charge in [0, 0.05) is 11.6 Å². The summed E-state index contributed by atoms with van der Waals surface area (Å²) in [7, 11) is 0. The average molecular weight is 276 g/mol. The van der Waals surface area contributed by atoms with Gasteiger partial charge in [0.05, 0.1) is 5.02 Å². The van der Waals surface area contributed by atoms with Gasteiger partial charge in [-0.15, -0.1) is 12.4 Å². The van der Waals surface area contributed by atoms with Gasteiger partial charge >= 0.3 is 0 Å². The van der Waals surface area contributed by atoms with Gasteiger partial charge < -0.3 is 10.8 Å². The molecular weight excluding hydrogens is 257 g/mol. The lowest BCUT2D eigenvalue weighted by Crippen LogP contribution is -2.23. The number of phenols is 1. The van der Waals surface area contributed by atoms with E-state index in [9.17, 15) is 5.11 Å². The lowest BCUT2D eigenvalue weighted by molar-refractivity contribution is 0.303. The van der Waals surface area contributed by atoms with Gasteiger partial charge in [-0.3, -0.25) is 0 Å². The van der Waals surface area contributed by atoms with Gasteiger partial charge in [-0.2, -0.15) is 0 Å². The molecule has 2 nitrogen and oxygen atoms in total. The summed E-state index contributed by atoms with van der Waals surface area (Å²) in [5.74, 6) is 0.639. The molecule has 0 amide bonds. The Morgan fingerprint density at radius 3 is 2.53 bits per heavy atom. The van der Waals surface area contributed by atoms with Crippen molar-refractivity contribution < 1.29 is 5.11 Å². The molecule has 17 heavy (non-hydrogen) atoms. The van der Waals surface area contributed by atoms with Gasteiger partial charge in [0.25, 0.3) is 0 Å². The Balaban J connectivity index is 0.00000144. The predicted octanol–water partition coefficient (Wildman–Crippen LogP) is 4.05. The number of para-hydroxylation sites is 1. The molecule has 0 heterocycles. The van der Waals surface area contributed by atoms with Crippen LogP contribution in [0.2, 0.25) is 5.02 Å². The SMILES string of the molecule is Cl.N[C@@H](c1cccc(Cl)c1O)C1CCCCC1. The first-order valence-corrected chi connectivity index (χ1v) is 6.31. The average Bonchev–Trinajstić information content (AvgIpc) is 2.33. The molecule has 0 saturated heterocycles. The van der Waals surface area contributed by atoms with Crippen molar-refractivity contribution >= 4 is 24.0 Å². The highest BCUT2D eigenvalue weighted by molar-refractivity contribution is 6.32. The van der Waals surface area contributed by atoms with Crippen molar-refractivity contribution in [1.82, 2.24) is 0 Å². The number of aromatic hydroxyl groups is 1. The summed E-state index contributed by atoms with van der Waals surface area (Å²) in [6.45, 7) is 0. The number of hydrogen-bond acceptors (Lipinski definition) is 2. The van der Waals surface area contributed by atoms with Crippen LogP contribution in [0.5, 0.6) is 5.75 Å². The summed E-state index contributed by atoms with van der Waals surface area (Å²) in [5.41, 5.74) is 7.01. The van der Waals surface area contributed by atoms with E-state index in [4.69, 9.17) is 17.3 Å². The van der Waals surface area contributed by atoms with E-state index in [1.807, 2.05) is 12.1 Å². The Hall–Kier alpha value is -0.440. The van der Waals surface area contributed by atoms with Crippen LogP contribution in [0.1, 0.15) is 43.7 Å². The molecule has 1 atom stereocenters. The molecule has 0 spiro atoms. The number of nitrogens with two attached hydrogens (primary N) is 1. The molecule has 3 N–H and O–H groups in total. The van der Waals surface area contributed by atoms with Crippen LogP contribution in [0.4, 0.5) is 0 Å². The molecule has 1 fully saturated rings. The van der Waals surface area contributed by atoms with Crippen LogP contribution in [-0.4, -0.2) is 5.11 Å². The van der Waals surface area contributed by atoms with Crippen LogP contribution in [-0.2, 0) is 0 Å². The first-order valence-electron chi connectivity index (χ1n) is 5.93. The third-order valence-electron chi connectivity index (χ3n) is 3.53. The Morgan fingerprint density at radius 2 is 1.88 bits per heavy atom. The van der Waals surface area contributed by atoms with Crippen LogP contribution in [0.25, 0.3) is 0 Å². The van der Waals surface area contributed by atoms with E-state index in [0.717, 1.165) is 18.4 Å². The monoisotopic (exact) mass is 275 g/mol. The minimum absolute atomic E-state index is 0. The summed E-state index contributed by atoms with van der Waals surface area (Å²) < 4.78 is 0. The van der Waals surface area contributed by atoms with E-state index in [0.29, 0.717) is 10.9 Å². The van der Waals surface area contributed by atoms with E-state index >= 15 is 0 Å². The smallest absolute Gasteiger partial charge is 0.138 e. The highest BCUT2D eigenvalue weighted by atomic mass is 35.5. The Bertz CT molecular complexity index is 364. The number of hydrogen-bond donors (Lipinski definition) is 2. The maximum absolute atomic E-state index is 9.89. The highest BCUT2D eigenvalue weighted by Gasteiger charge is 2.24. The van der Waals surface area contributed by atoms with Crippen LogP contribution in [0.15, 0.2) is 18.2 Å². The fourth-order valence-corrected chi connectivity index (χ4v) is 2.73. The molecule has 2 rings (SSSR count). The molecule has 4 heteroatoms. The zero-order valence-corrected chi connectivity index (χ0v) is 11.3. The molecular formula is C13H19Cl2NO. The number of halogens is 2. The fraction of sp³-hybridized carbons (Fsp3) is 0.538. The van der Waals surface area contributed by atoms with Gasteiger partial charge in [-0.1, -0.05) is 43.0 Å². The third kappa shape index (κ3) is 3.27. The minimum Gasteiger partial charge on any atom is -0.506 e. The molecule has 0 aliphatic heterocycles. The molecule has 96 valence electrons. The summed E-state index contributed by atoms with van der Waals surface area (Å²) in [5, 5.41) is 10.3. The largest absolute Gasteiger partial charge is 0.506 e. The lowest BCUT2D eigenvalue weighted by atomic mass is 9.81. The Labute approximate surface area is 114 Å². The van der Waals surface area contributed by atoms with Gasteiger partial charge in [-0.25, -0.2) is 0 Å². The fourth-order valence-electron chi connectivity index (χ4n) is 2.55. The molecule has 0 radical (unpaired) electrons. The molecule has 1 aliphatic carbocycles. The molecule has 0 aromatic heterocycles. The first kappa shape index (κ1) is 14.6. The maximum Gasteiger partial charge on any atom is 0.138 e. The minimum atomic E-state index is -0.0843. The predicted molar refractivity (Wildman–Crippen MR) is 73.9 cm³/mol. The third-order valence-corrected chi connectivity index (χ3v) is 3.84. The molecule has 1 aliphatic rings. The van der Waals surface area contributed by atoms with Gasteiger partial charge in [0.1, 0.15) is 5.75 Å². The summed E-state index contributed by atoms with van der Waals surface area (Å²) in [6, 6.07) is 5.33. The van der Waals surface area contributed by atoms with Crippen molar-refractivity contribution in [2.24, 2.45) is 11.7 Å². The normalized spacial score (nSPS) is 18.5. The molecule has 0 unspecified atom stereocenters. The molecule has 1 aromatic carbocycles. The van der Waals surface area contributed by atoms with Crippen molar-refractivity contribution in [1.29, 1.82) is 0 Å². The second-order valence-electron chi connectivity index (χ2n) is 4.60. The van der Waals surface area contributed by atoms with Crippen molar-refractivity contribution in [3.8, 4) is 5.75 Å². The van der Waals surface area contributed by atoms with E-state index in [1.165, 1.54) is 19.3 Å². The van der Waals surface area contributed by atoms with E-state index in [-0.39, 0.29) is 24.2 Å². The van der Waals surface area contributed by atoms with Crippen LogP contribution >= 0.6 is 24.0 Å². The maximum atomic E-state index is 9.89. The molecule has 1 saturated carbocycles. The highest BCUT2D eigenvalue weighted by Crippen LogP contribution is 2.38.